The Hall–Kier alpha value is 0.120. The van der Waals surface area contributed by atoms with E-state index in [1.165, 1.54) is 0 Å². The summed E-state index contributed by atoms with van der Waals surface area (Å²) in [7, 11) is 0. The number of ether oxygens (including phenoxy) is 1. The highest BCUT2D eigenvalue weighted by Crippen LogP contribution is 2.10. The number of morpholine rings is 1. The van der Waals surface area contributed by atoms with E-state index < -0.39 is 5.97 Å². The van der Waals surface area contributed by atoms with Crippen molar-refractivity contribution in [2.45, 2.75) is 10.5 Å². The van der Waals surface area contributed by atoms with Crippen LogP contribution >= 0.6 is 22.6 Å². The number of hydrogen-bond acceptors (Lipinski definition) is 3. The third kappa shape index (κ3) is 3.68. The minimum absolute atomic E-state index is 0.213. The lowest BCUT2D eigenvalue weighted by molar-refractivity contribution is -0.137. The van der Waals surface area contributed by atoms with Crippen LogP contribution in [-0.2, 0) is 9.53 Å². The zero-order valence-corrected chi connectivity index (χ0v) is 8.86. The highest BCUT2D eigenvalue weighted by molar-refractivity contribution is 14.1. The van der Waals surface area contributed by atoms with E-state index in [-0.39, 0.29) is 10.5 Å². The van der Waals surface area contributed by atoms with Gasteiger partial charge in [-0.1, -0.05) is 0 Å². The summed E-state index contributed by atoms with van der Waals surface area (Å²) in [6, 6.07) is 0. The molecule has 0 aromatic heterocycles. The fraction of sp³-hybridized carbons (Fsp3) is 0.857. The number of carboxylic acids is 1. The summed E-state index contributed by atoms with van der Waals surface area (Å²) in [4.78, 5) is 12.4. The fourth-order valence-corrected chi connectivity index (χ4v) is 1.92. The smallest absolute Gasteiger partial charge is 0.304 e. The van der Waals surface area contributed by atoms with Gasteiger partial charge in [-0.25, -0.2) is 0 Å². The van der Waals surface area contributed by atoms with Crippen LogP contribution in [0.4, 0.5) is 0 Å². The van der Waals surface area contributed by atoms with Gasteiger partial charge in [-0.15, -0.1) is 0 Å². The molecular formula is C7H12INO3. The van der Waals surface area contributed by atoms with Crippen LogP contribution in [0.15, 0.2) is 0 Å². The summed E-state index contributed by atoms with van der Waals surface area (Å²) in [6.07, 6.45) is 0.226. The molecule has 1 unspecified atom stereocenters. The summed E-state index contributed by atoms with van der Waals surface area (Å²) < 4.78 is 5.53. The molecule has 0 bridgehead atoms. The zero-order chi connectivity index (χ0) is 8.97. The van der Waals surface area contributed by atoms with Crippen LogP contribution in [0.3, 0.4) is 0 Å². The molecule has 1 heterocycles. The monoisotopic (exact) mass is 285 g/mol. The molecule has 1 N–H and O–H groups in total. The summed E-state index contributed by atoms with van der Waals surface area (Å²) in [6.45, 7) is 3.05. The first kappa shape index (κ1) is 10.2. The lowest BCUT2D eigenvalue weighted by Gasteiger charge is -2.29. The van der Waals surface area contributed by atoms with Crippen molar-refractivity contribution in [2.24, 2.45) is 0 Å². The highest BCUT2D eigenvalue weighted by Gasteiger charge is 2.17. The van der Waals surface area contributed by atoms with Gasteiger partial charge in [0.25, 0.3) is 0 Å². The second-order valence-corrected chi connectivity index (χ2v) is 4.11. The Bertz CT molecular complexity index is 165. The Kier molecular flexibility index (Phi) is 4.24. The Morgan fingerprint density at radius 3 is 3.08 bits per heavy atom. The van der Waals surface area contributed by atoms with E-state index in [1.807, 2.05) is 0 Å². The predicted octanol–water partition coefficient (Wildman–Crippen LogP) is 0.554. The molecule has 0 saturated carbocycles. The molecular weight excluding hydrogens is 273 g/mol. The summed E-state index contributed by atoms with van der Waals surface area (Å²) >= 11 is 2.22. The van der Waals surface area contributed by atoms with E-state index >= 15 is 0 Å². The van der Waals surface area contributed by atoms with Crippen molar-refractivity contribution in [1.29, 1.82) is 0 Å². The average molecular weight is 285 g/mol. The Morgan fingerprint density at radius 1 is 1.75 bits per heavy atom. The fourth-order valence-electron chi connectivity index (χ4n) is 1.11. The number of alkyl halides is 1. The van der Waals surface area contributed by atoms with Crippen molar-refractivity contribution in [3.05, 3.63) is 0 Å². The molecule has 0 radical (unpaired) electrons. The van der Waals surface area contributed by atoms with Crippen molar-refractivity contribution in [3.63, 3.8) is 0 Å². The molecule has 1 fully saturated rings. The number of hydrogen-bond donors (Lipinski definition) is 1. The van der Waals surface area contributed by atoms with Crippen molar-refractivity contribution < 1.29 is 14.6 Å². The highest BCUT2D eigenvalue weighted by atomic mass is 127. The minimum Gasteiger partial charge on any atom is -0.481 e. The number of nitrogens with zero attached hydrogens (tertiary/aromatic N) is 1. The van der Waals surface area contributed by atoms with Crippen molar-refractivity contribution in [2.75, 3.05) is 26.2 Å². The van der Waals surface area contributed by atoms with Gasteiger partial charge in [-0.2, -0.15) is 0 Å². The molecule has 0 aromatic rings. The Morgan fingerprint density at radius 2 is 2.50 bits per heavy atom. The third-order valence-electron chi connectivity index (χ3n) is 1.75. The second-order valence-electron chi connectivity index (χ2n) is 2.73. The molecule has 12 heavy (non-hydrogen) atoms. The number of aliphatic carboxylic acids is 1. The molecule has 5 heteroatoms. The van der Waals surface area contributed by atoms with Gasteiger partial charge in [0.15, 0.2) is 0 Å². The quantitative estimate of drug-likeness (QED) is 0.608. The lowest BCUT2D eigenvalue weighted by atomic mass is 10.3. The van der Waals surface area contributed by atoms with Crippen LogP contribution in [0.25, 0.3) is 0 Å². The van der Waals surface area contributed by atoms with E-state index in [1.54, 1.807) is 0 Å². The standard InChI is InChI=1S/C7H12INO3/c8-6-5-9(3-4-12-6)2-1-7(10)11/h6H,1-5H2,(H,10,11). The van der Waals surface area contributed by atoms with Crippen LogP contribution in [0.5, 0.6) is 0 Å². The first-order valence-corrected chi connectivity index (χ1v) is 5.13. The van der Waals surface area contributed by atoms with E-state index in [0.29, 0.717) is 13.2 Å². The number of carbonyl (C=O) groups is 1. The molecule has 0 aliphatic carbocycles. The minimum atomic E-state index is -0.730. The largest absolute Gasteiger partial charge is 0.481 e. The SMILES string of the molecule is O=C(O)CCN1CCOC(I)C1. The molecule has 0 amide bonds. The molecule has 1 aliphatic heterocycles. The van der Waals surface area contributed by atoms with Gasteiger partial charge in [0.2, 0.25) is 0 Å². The van der Waals surface area contributed by atoms with E-state index in [9.17, 15) is 4.79 Å². The molecule has 70 valence electrons. The predicted molar refractivity (Wildman–Crippen MR) is 52.5 cm³/mol. The average Bonchev–Trinajstić information content (AvgIpc) is 2.01. The first-order valence-electron chi connectivity index (χ1n) is 3.88. The van der Waals surface area contributed by atoms with Crippen molar-refractivity contribution in [1.82, 2.24) is 4.90 Å². The van der Waals surface area contributed by atoms with Crippen LogP contribution in [0.1, 0.15) is 6.42 Å². The van der Waals surface area contributed by atoms with E-state index in [4.69, 9.17) is 9.84 Å². The maximum absolute atomic E-state index is 10.3. The Balaban J connectivity index is 2.18. The second kappa shape index (κ2) is 4.98. The molecule has 4 nitrogen and oxygen atoms in total. The summed E-state index contributed by atoms with van der Waals surface area (Å²) in [5.41, 5.74) is 0. The van der Waals surface area contributed by atoms with Crippen LogP contribution in [-0.4, -0.2) is 46.3 Å². The van der Waals surface area contributed by atoms with Gasteiger partial charge in [-0.05, 0) is 22.6 Å². The van der Waals surface area contributed by atoms with Crippen LogP contribution in [0.2, 0.25) is 0 Å². The number of carboxylic acid groups (broad SMARTS) is 1. The Labute approximate surface area is 85.0 Å². The van der Waals surface area contributed by atoms with Crippen molar-refractivity contribution >= 4 is 28.6 Å². The topological polar surface area (TPSA) is 49.8 Å². The van der Waals surface area contributed by atoms with Crippen LogP contribution < -0.4 is 0 Å². The maximum atomic E-state index is 10.3. The van der Waals surface area contributed by atoms with Crippen LogP contribution in [0, 0.1) is 0 Å². The van der Waals surface area contributed by atoms with Gasteiger partial charge in [0, 0.05) is 19.6 Å². The lowest BCUT2D eigenvalue weighted by Crippen LogP contribution is -2.40. The maximum Gasteiger partial charge on any atom is 0.304 e. The molecule has 1 saturated heterocycles. The molecule has 0 spiro atoms. The van der Waals surface area contributed by atoms with Gasteiger partial charge < -0.3 is 9.84 Å². The summed E-state index contributed by atoms with van der Waals surface area (Å²) in [5, 5.41) is 8.45. The van der Waals surface area contributed by atoms with Gasteiger partial charge >= 0.3 is 5.97 Å². The molecule has 0 aromatic carbocycles. The van der Waals surface area contributed by atoms with Gasteiger partial charge in [0.1, 0.15) is 4.11 Å². The normalized spacial score (nSPS) is 25.6. The summed E-state index contributed by atoms with van der Waals surface area (Å²) in [5.74, 6) is -0.730. The zero-order valence-electron chi connectivity index (χ0n) is 6.70. The third-order valence-corrected chi connectivity index (χ3v) is 2.50. The van der Waals surface area contributed by atoms with E-state index in [0.717, 1.165) is 13.1 Å². The molecule has 1 aliphatic rings. The van der Waals surface area contributed by atoms with Gasteiger partial charge in [0.05, 0.1) is 13.0 Å². The number of rotatable bonds is 3. The first-order chi connectivity index (χ1) is 5.68. The van der Waals surface area contributed by atoms with E-state index in [2.05, 4.69) is 27.5 Å². The molecule has 1 atom stereocenters. The van der Waals surface area contributed by atoms with Gasteiger partial charge in [-0.3, -0.25) is 9.69 Å². The molecule has 1 rings (SSSR count). The van der Waals surface area contributed by atoms with Crippen molar-refractivity contribution in [3.8, 4) is 0 Å². The number of halogens is 1.